The maximum absolute atomic E-state index is 13.2. The lowest BCUT2D eigenvalue weighted by Gasteiger charge is -2.09. The third-order valence-corrected chi connectivity index (χ3v) is 3.07. The summed E-state index contributed by atoms with van der Waals surface area (Å²) in [6.07, 6.45) is 0. The van der Waals surface area contributed by atoms with Gasteiger partial charge < -0.3 is 5.32 Å². The fraction of sp³-hybridized carbons (Fsp3) is 0.0714. The molecule has 108 valence electrons. The molecule has 0 aliphatic carbocycles. The van der Waals surface area contributed by atoms with E-state index in [1.165, 1.54) is 0 Å². The maximum Gasteiger partial charge on any atom is 0.282 e. The minimum atomic E-state index is -0.758. The van der Waals surface area contributed by atoms with Crippen molar-refractivity contribution >= 4 is 28.9 Å². The topological polar surface area (TPSA) is 72.2 Å². The summed E-state index contributed by atoms with van der Waals surface area (Å²) in [5, 5.41) is 13.9. The van der Waals surface area contributed by atoms with Gasteiger partial charge in [-0.2, -0.15) is 0 Å². The van der Waals surface area contributed by atoms with Crippen LogP contribution in [0.15, 0.2) is 36.4 Å². The maximum atomic E-state index is 13.2. The van der Waals surface area contributed by atoms with Crippen molar-refractivity contribution in [1.82, 2.24) is 0 Å². The van der Waals surface area contributed by atoms with E-state index in [1.54, 1.807) is 25.1 Å². The summed E-state index contributed by atoms with van der Waals surface area (Å²) >= 11 is 5.81. The fourth-order valence-electron chi connectivity index (χ4n) is 1.81. The molecule has 0 heterocycles. The van der Waals surface area contributed by atoms with Crippen molar-refractivity contribution in [2.45, 2.75) is 6.92 Å². The molecule has 0 bridgehead atoms. The molecule has 1 amide bonds. The molecule has 0 saturated carbocycles. The second-order valence-corrected chi connectivity index (χ2v) is 4.77. The number of hydrogen-bond acceptors (Lipinski definition) is 3. The average molecular weight is 309 g/mol. The smallest absolute Gasteiger partial charge is 0.282 e. The van der Waals surface area contributed by atoms with Crippen LogP contribution in [-0.4, -0.2) is 10.8 Å². The Kier molecular flexibility index (Phi) is 4.18. The second-order valence-electron chi connectivity index (χ2n) is 4.33. The first kappa shape index (κ1) is 14.9. The number of carbonyl (C=O) groups excluding carboxylic acids is 1. The number of anilines is 1. The molecule has 0 fully saturated rings. The molecule has 0 aliphatic heterocycles. The number of nitro groups is 1. The summed E-state index contributed by atoms with van der Waals surface area (Å²) in [4.78, 5) is 22.3. The van der Waals surface area contributed by atoms with Crippen molar-refractivity contribution in [3.8, 4) is 0 Å². The van der Waals surface area contributed by atoms with Gasteiger partial charge in [0.2, 0.25) is 0 Å². The molecule has 0 aromatic heterocycles. The lowest BCUT2D eigenvalue weighted by Crippen LogP contribution is -2.15. The van der Waals surface area contributed by atoms with Crippen LogP contribution in [0.2, 0.25) is 5.02 Å². The predicted octanol–water partition coefficient (Wildman–Crippen LogP) is 3.95. The zero-order valence-corrected chi connectivity index (χ0v) is 11.6. The Morgan fingerprint density at radius 3 is 2.62 bits per heavy atom. The van der Waals surface area contributed by atoms with Gasteiger partial charge in [-0.15, -0.1) is 0 Å². The first-order valence-electron chi connectivity index (χ1n) is 5.90. The number of halogens is 2. The highest BCUT2D eigenvalue weighted by atomic mass is 35.5. The van der Waals surface area contributed by atoms with E-state index in [1.807, 2.05) is 0 Å². The van der Waals surface area contributed by atoms with Gasteiger partial charge in [0.1, 0.15) is 11.4 Å². The van der Waals surface area contributed by atoms with Gasteiger partial charge in [0, 0.05) is 16.8 Å². The van der Waals surface area contributed by atoms with Crippen LogP contribution in [-0.2, 0) is 0 Å². The summed E-state index contributed by atoms with van der Waals surface area (Å²) in [6, 6.07) is 7.50. The molecule has 2 aromatic rings. The molecule has 1 N–H and O–H groups in total. The van der Waals surface area contributed by atoms with Crippen LogP contribution in [0.1, 0.15) is 15.9 Å². The Bertz CT molecular complexity index is 734. The number of nitro benzene ring substituents is 1. The second kappa shape index (κ2) is 5.88. The SMILES string of the molecule is Cc1cc(Cl)ccc1NC(=O)c1cc(F)ccc1[N+](=O)[O-]. The monoisotopic (exact) mass is 308 g/mol. The molecule has 0 saturated heterocycles. The number of nitrogens with one attached hydrogen (secondary N) is 1. The first-order chi connectivity index (χ1) is 9.88. The molecule has 0 aliphatic rings. The third-order valence-electron chi connectivity index (χ3n) is 2.84. The van der Waals surface area contributed by atoms with Crippen molar-refractivity contribution in [1.29, 1.82) is 0 Å². The summed E-state index contributed by atoms with van der Waals surface area (Å²) in [5.41, 5.74) is 0.340. The average Bonchev–Trinajstić information content (AvgIpc) is 2.41. The van der Waals surface area contributed by atoms with E-state index in [9.17, 15) is 19.3 Å². The van der Waals surface area contributed by atoms with Gasteiger partial charge in [0.25, 0.3) is 11.6 Å². The highest BCUT2D eigenvalue weighted by Crippen LogP contribution is 2.23. The van der Waals surface area contributed by atoms with E-state index < -0.39 is 22.3 Å². The Hall–Kier alpha value is -2.47. The number of hydrogen-bond donors (Lipinski definition) is 1. The highest BCUT2D eigenvalue weighted by molar-refractivity contribution is 6.30. The van der Waals surface area contributed by atoms with Crippen LogP contribution in [0, 0.1) is 22.9 Å². The van der Waals surface area contributed by atoms with Gasteiger partial charge >= 0.3 is 0 Å². The number of nitrogens with zero attached hydrogens (tertiary/aromatic N) is 1. The molecule has 21 heavy (non-hydrogen) atoms. The lowest BCUT2D eigenvalue weighted by atomic mass is 10.1. The lowest BCUT2D eigenvalue weighted by molar-refractivity contribution is -0.385. The first-order valence-corrected chi connectivity index (χ1v) is 6.27. The molecular weight excluding hydrogens is 299 g/mol. The van der Waals surface area contributed by atoms with Gasteiger partial charge in [0.05, 0.1) is 4.92 Å². The van der Waals surface area contributed by atoms with E-state index in [0.29, 0.717) is 16.3 Å². The molecule has 5 nitrogen and oxygen atoms in total. The van der Waals surface area contributed by atoms with Crippen LogP contribution in [0.3, 0.4) is 0 Å². The van der Waals surface area contributed by atoms with E-state index in [4.69, 9.17) is 11.6 Å². The van der Waals surface area contributed by atoms with Crippen LogP contribution < -0.4 is 5.32 Å². The quantitative estimate of drug-likeness (QED) is 0.689. The molecule has 0 spiro atoms. The molecule has 7 heteroatoms. The predicted molar refractivity (Wildman–Crippen MR) is 77.2 cm³/mol. The van der Waals surface area contributed by atoms with Gasteiger partial charge in [-0.05, 0) is 42.8 Å². The van der Waals surface area contributed by atoms with Gasteiger partial charge in [-0.25, -0.2) is 4.39 Å². The number of benzene rings is 2. The van der Waals surface area contributed by atoms with Crippen LogP contribution in [0.5, 0.6) is 0 Å². The van der Waals surface area contributed by atoms with Crippen molar-refractivity contribution in [2.24, 2.45) is 0 Å². The van der Waals surface area contributed by atoms with E-state index in [-0.39, 0.29) is 5.56 Å². The summed E-state index contributed by atoms with van der Waals surface area (Å²) in [6.45, 7) is 1.72. The summed E-state index contributed by atoms with van der Waals surface area (Å²) in [5.74, 6) is -1.48. The van der Waals surface area contributed by atoms with Crippen molar-refractivity contribution in [3.05, 3.63) is 68.5 Å². The molecule has 0 radical (unpaired) electrons. The van der Waals surface area contributed by atoms with Crippen LogP contribution in [0.4, 0.5) is 15.8 Å². The van der Waals surface area contributed by atoms with Gasteiger partial charge in [-0.1, -0.05) is 11.6 Å². The zero-order valence-electron chi connectivity index (χ0n) is 10.9. The standard InChI is InChI=1S/C14H10ClFN2O3/c1-8-6-9(15)2-4-12(8)17-14(19)11-7-10(16)3-5-13(11)18(20)21/h2-7H,1H3,(H,17,19). The Balaban J connectivity index is 2.36. The number of aryl methyl sites for hydroxylation is 1. The third kappa shape index (κ3) is 3.35. The van der Waals surface area contributed by atoms with Crippen molar-refractivity contribution < 1.29 is 14.1 Å². The fourth-order valence-corrected chi connectivity index (χ4v) is 2.03. The highest BCUT2D eigenvalue weighted by Gasteiger charge is 2.21. The Morgan fingerprint density at radius 2 is 2.00 bits per heavy atom. The van der Waals surface area contributed by atoms with Crippen molar-refractivity contribution in [3.63, 3.8) is 0 Å². The minimum Gasteiger partial charge on any atom is -0.322 e. The number of rotatable bonds is 3. The molecule has 0 atom stereocenters. The van der Waals surface area contributed by atoms with Crippen molar-refractivity contribution in [2.75, 3.05) is 5.32 Å². The van der Waals surface area contributed by atoms with Crippen LogP contribution in [0.25, 0.3) is 0 Å². The minimum absolute atomic E-state index is 0.339. The van der Waals surface area contributed by atoms with E-state index in [0.717, 1.165) is 18.2 Å². The largest absolute Gasteiger partial charge is 0.322 e. The Labute approximate surface area is 124 Å². The van der Waals surface area contributed by atoms with Gasteiger partial charge in [-0.3, -0.25) is 14.9 Å². The number of carbonyl (C=O) groups is 1. The molecule has 2 aromatic carbocycles. The molecule has 2 rings (SSSR count). The summed E-state index contributed by atoms with van der Waals surface area (Å²) in [7, 11) is 0. The van der Waals surface area contributed by atoms with E-state index >= 15 is 0 Å². The zero-order chi connectivity index (χ0) is 15.6. The van der Waals surface area contributed by atoms with E-state index in [2.05, 4.69) is 5.32 Å². The number of amides is 1. The molecule has 0 unspecified atom stereocenters. The summed E-state index contributed by atoms with van der Waals surface area (Å²) < 4.78 is 13.2. The van der Waals surface area contributed by atoms with Gasteiger partial charge in [0.15, 0.2) is 0 Å². The normalized spacial score (nSPS) is 10.2. The Morgan fingerprint density at radius 1 is 1.29 bits per heavy atom. The van der Waals surface area contributed by atoms with Crippen LogP contribution >= 0.6 is 11.6 Å². The molecular formula is C14H10ClFN2O3.